The van der Waals surface area contributed by atoms with Crippen LogP contribution in [0.25, 0.3) is 11.0 Å². The van der Waals surface area contributed by atoms with Gasteiger partial charge in [0.25, 0.3) is 0 Å². The van der Waals surface area contributed by atoms with Crippen LogP contribution in [0.3, 0.4) is 0 Å². The van der Waals surface area contributed by atoms with E-state index in [9.17, 15) is 0 Å². The van der Waals surface area contributed by atoms with Crippen LogP contribution in [0, 0.1) is 0 Å². The number of unbranched alkanes of at least 4 members (excludes halogenated alkanes) is 1. The first kappa shape index (κ1) is 11.9. The minimum absolute atomic E-state index is 0.663. The van der Waals surface area contributed by atoms with Crippen LogP contribution in [0.5, 0.6) is 0 Å². The largest absolute Gasteiger partial charge is 0.411 e. The number of fused-ring (bicyclic) bond motifs is 1. The highest BCUT2D eigenvalue weighted by atomic mass is 35.5. The molecular weight excluding hydrogens is 238 g/mol. The molecule has 1 aromatic carbocycles. The van der Waals surface area contributed by atoms with Crippen LogP contribution < -0.4 is 0 Å². The number of aromatic nitrogens is 2. The van der Waals surface area contributed by atoms with Crippen LogP contribution in [0.2, 0.25) is 0 Å². The van der Waals surface area contributed by atoms with Crippen molar-refractivity contribution in [1.82, 2.24) is 9.55 Å². The molecule has 2 rings (SSSR count). The molecule has 1 heterocycles. The van der Waals surface area contributed by atoms with Gasteiger partial charge in [0.15, 0.2) is 5.82 Å². The fraction of sp³-hybridized carbons (Fsp3) is 0.333. The summed E-state index contributed by atoms with van der Waals surface area (Å²) in [5.41, 5.74) is 1.96. The summed E-state index contributed by atoms with van der Waals surface area (Å²) in [7, 11) is 0. The van der Waals surface area contributed by atoms with Gasteiger partial charge in [-0.3, -0.25) is 0 Å². The van der Waals surface area contributed by atoms with Crippen LogP contribution in [0.1, 0.15) is 18.7 Å². The second kappa shape index (κ2) is 5.68. The van der Waals surface area contributed by atoms with Gasteiger partial charge in [0.1, 0.15) is 6.21 Å². The molecule has 0 aliphatic heterocycles. The molecule has 0 aliphatic carbocycles. The number of rotatable bonds is 5. The highest BCUT2D eigenvalue weighted by molar-refractivity contribution is 6.17. The molecule has 0 fully saturated rings. The predicted molar refractivity (Wildman–Crippen MR) is 69.1 cm³/mol. The molecule has 2 aromatic rings. The van der Waals surface area contributed by atoms with E-state index in [0.29, 0.717) is 11.7 Å². The molecule has 0 aliphatic rings. The summed E-state index contributed by atoms with van der Waals surface area (Å²) < 4.78 is 2.04. The standard InChI is InChI=1S/C12H14ClN3O/c13-7-3-4-8-16-11-6-2-1-5-10(11)15-12(16)9-14-17/h1-2,5-6,9,17H,3-4,7-8H2/b14-9+. The van der Waals surface area contributed by atoms with Crippen molar-refractivity contribution in [3.8, 4) is 0 Å². The van der Waals surface area contributed by atoms with Gasteiger partial charge in [0, 0.05) is 12.4 Å². The van der Waals surface area contributed by atoms with Gasteiger partial charge in [0.05, 0.1) is 11.0 Å². The Bertz CT molecular complexity index is 521. The summed E-state index contributed by atoms with van der Waals surface area (Å²) in [6, 6.07) is 7.88. The average molecular weight is 252 g/mol. The number of nitrogens with zero attached hydrogens (tertiary/aromatic N) is 3. The van der Waals surface area contributed by atoms with Gasteiger partial charge in [0.2, 0.25) is 0 Å². The zero-order valence-electron chi connectivity index (χ0n) is 9.38. The molecule has 0 radical (unpaired) electrons. The van der Waals surface area contributed by atoms with Crippen molar-refractivity contribution in [3.63, 3.8) is 0 Å². The summed E-state index contributed by atoms with van der Waals surface area (Å²) in [5, 5.41) is 11.7. The fourth-order valence-electron chi connectivity index (χ4n) is 1.84. The van der Waals surface area contributed by atoms with E-state index in [0.717, 1.165) is 30.4 Å². The third-order valence-electron chi connectivity index (χ3n) is 2.62. The lowest BCUT2D eigenvalue weighted by Crippen LogP contribution is -2.03. The van der Waals surface area contributed by atoms with E-state index in [1.54, 1.807) is 0 Å². The van der Waals surface area contributed by atoms with Gasteiger partial charge >= 0.3 is 0 Å². The number of hydrogen-bond donors (Lipinski definition) is 1. The molecule has 0 amide bonds. The van der Waals surface area contributed by atoms with E-state index in [-0.39, 0.29) is 0 Å². The maximum Gasteiger partial charge on any atom is 0.155 e. The van der Waals surface area contributed by atoms with Crippen LogP contribution in [-0.2, 0) is 6.54 Å². The van der Waals surface area contributed by atoms with Crippen molar-refractivity contribution in [2.24, 2.45) is 5.16 Å². The van der Waals surface area contributed by atoms with Gasteiger partial charge in [-0.15, -0.1) is 11.6 Å². The van der Waals surface area contributed by atoms with Crippen LogP contribution in [0.4, 0.5) is 0 Å². The molecule has 1 N–H and O–H groups in total. The lowest BCUT2D eigenvalue weighted by atomic mass is 10.3. The minimum Gasteiger partial charge on any atom is -0.411 e. The summed E-state index contributed by atoms with van der Waals surface area (Å²) >= 11 is 5.67. The zero-order valence-corrected chi connectivity index (χ0v) is 10.1. The first-order valence-corrected chi connectivity index (χ1v) is 6.09. The van der Waals surface area contributed by atoms with E-state index < -0.39 is 0 Å². The zero-order chi connectivity index (χ0) is 12.1. The highest BCUT2D eigenvalue weighted by Crippen LogP contribution is 2.16. The topological polar surface area (TPSA) is 50.4 Å². The molecular formula is C12H14ClN3O. The van der Waals surface area contributed by atoms with Gasteiger partial charge in [-0.2, -0.15) is 0 Å². The quantitative estimate of drug-likeness (QED) is 0.292. The third kappa shape index (κ3) is 2.58. The van der Waals surface area contributed by atoms with E-state index in [2.05, 4.69) is 10.1 Å². The second-order valence-electron chi connectivity index (χ2n) is 3.75. The molecule has 0 bridgehead atoms. The minimum atomic E-state index is 0.663. The second-order valence-corrected chi connectivity index (χ2v) is 4.13. The number of benzene rings is 1. The molecule has 1 aromatic heterocycles. The van der Waals surface area contributed by atoms with Gasteiger partial charge in [-0.1, -0.05) is 17.3 Å². The Kier molecular flexibility index (Phi) is 3.98. The van der Waals surface area contributed by atoms with Crippen molar-refractivity contribution in [2.45, 2.75) is 19.4 Å². The Morgan fingerprint density at radius 1 is 1.35 bits per heavy atom. The monoisotopic (exact) mass is 251 g/mol. The number of aryl methyl sites for hydroxylation is 1. The molecule has 0 unspecified atom stereocenters. The summed E-state index contributed by atoms with van der Waals surface area (Å²) in [5.74, 6) is 1.33. The normalized spacial score (nSPS) is 11.6. The Balaban J connectivity index is 2.37. The number of oxime groups is 1. The smallest absolute Gasteiger partial charge is 0.155 e. The van der Waals surface area contributed by atoms with Crippen LogP contribution in [0.15, 0.2) is 29.4 Å². The first-order chi connectivity index (χ1) is 8.36. The Morgan fingerprint density at radius 2 is 2.18 bits per heavy atom. The van der Waals surface area contributed by atoms with Crippen molar-refractivity contribution >= 4 is 28.8 Å². The predicted octanol–water partition coefficient (Wildman–Crippen LogP) is 2.86. The van der Waals surface area contributed by atoms with Gasteiger partial charge < -0.3 is 9.77 Å². The van der Waals surface area contributed by atoms with Crippen LogP contribution >= 0.6 is 11.6 Å². The fourth-order valence-corrected chi connectivity index (χ4v) is 2.03. The number of hydrogen-bond acceptors (Lipinski definition) is 3. The molecule has 4 nitrogen and oxygen atoms in total. The number of imidazole rings is 1. The lowest BCUT2D eigenvalue weighted by molar-refractivity contribution is 0.321. The van der Waals surface area contributed by atoms with Crippen LogP contribution in [-0.4, -0.2) is 26.9 Å². The van der Waals surface area contributed by atoms with E-state index in [1.807, 2.05) is 28.8 Å². The molecule has 5 heteroatoms. The first-order valence-electron chi connectivity index (χ1n) is 5.55. The summed E-state index contributed by atoms with van der Waals surface area (Å²) in [4.78, 5) is 4.40. The summed E-state index contributed by atoms with van der Waals surface area (Å²) in [6.07, 6.45) is 3.31. The molecule has 0 spiro atoms. The third-order valence-corrected chi connectivity index (χ3v) is 2.89. The van der Waals surface area contributed by atoms with Gasteiger partial charge in [-0.05, 0) is 25.0 Å². The van der Waals surface area contributed by atoms with Crippen molar-refractivity contribution < 1.29 is 5.21 Å². The van der Waals surface area contributed by atoms with E-state index in [1.165, 1.54) is 6.21 Å². The Labute approximate surface area is 105 Å². The molecule has 0 saturated carbocycles. The number of para-hydroxylation sites is 2. The van der Waals surface area contributed by atoms with Crippen molar-refractivity contribution in [2.75, 3.05) is 5.88 Å². The number of alkyl halides is 1. The van der Waals surface area contributed by atoms with E-state index in [4.69, 9.17) is 16.8 Å². The average Bonchev–Trinajstić information content (AvgIpc) is 2.69. The Hall–Kier alpha value is -1.55. The SMILES string of the molecule is O/N=C/c1nc2ccccc2n1CCCCCl. The van der Waals surface area contributed by atoms with Crippen molar-refractivity contribution in [1.29, 1.82) is 0 Å². The Morgan fingerprint density at radius 3 is 2.94 bits per heavy atom. The van der Waals surface area contributed by atoms with E-state index >= 15 is 0 Å². The molecule has 90 valence electrons. The number of halogens is 1. The maximum atomic E-state index is 8.64. The highest BCUT2D eigenvalue weighted by Gasteiger charge is 2.07. The molecule has 17 heavy (non-hydrogen) atoms. The van der Waals surface area contributed by atoms with Crippen molar-refractivity contribution in [3.05, 3.63) is 30.1 Å². The maximum absolute atomic E-state index is 8.64. The molecule has 0 saturated heterocycles. The molecule has 0 atom stereocenters. The summed E-state index contributed by atoms with van der Waals surface area (Å²) in [6.45, 7) is 0.828. The lowest BCUT2D eigenvalue weighted by Gasteiger charge is -2.05. The van der Waals surface area contributed by atoms with Gasteiger partial charge in [-0.25, -0.2) is 4.98 Å².